The van der Waals surface area contributed by atoms with Crippen LogP contribution in [-0.2, 0) is 0 Å². The molecule has 0 aliphatic heterocycles. The van der Waals surface area contributed by atoms with Crippen molar-refractivity contribution in [2.75, 3.05) is 0 Å². The molecular weight excluding hydrogens is 319 g/mol. The van der Waals surface area contributed by atoms with Crippen LogP contribution in [0.4, 0.5) is 0 Å². The van der Waals surface area contributed by atoms with Gasteiger partial charge in [0, 0.05) is 0 Å². The van der Waals surface area contributed by atoms with Crippen LogP contribution in [0.25, 0.3) is 0 Å². The Morgan fingerprint density at radius 3 is 0.353 bits per heavy atom. The summed E-state index contributed by atoms with van der Waals surface area (Å²) in [5.74, 6) is 0. The van der Waals surface area contributed by atoms with Crippen LogP contribution in [0.15, 0.2) is 0 Å². The SMILES string of the molecule is O.O.O.O.O.O.[Mg+2].[O-][Cl+3]([O-])([O-])[O-].[O-][Cl+3]([O-])([O-])[O-]. The van der Waals surface area contributed by atoms with Crippen LogP contribution in [0.1, 0.15) is 0 Å². The molecule has 0 saturated heterocycles. The van der Waals surface area contributed by atoms with E-state index in [0.717, 1.165) is 0 Å². The molecule has 0 aromatic rings. The average molecular weight is 331 g/mol. The van der Waals surface area contributed by atoms with Crippen molar-refractivity contribution in [2.24, 2.45) is 0 Å². The number of rotatable bonds is 0. The van der Waals surface area contributed by atoms with Crippen LogP contribution in [0.5, 0.6) is 0 Å². The van der Waals surface area contributed by atoms with Gasteiger partial charge in [0.15, 0.2) is 0 Å². The summed E-state index contributed by atoms with van der Waals surface area (Å²) in [4.78, 5) is 0. The second-order valence-electron chi connectivity index (χ2n) is 0.756. The first kappa shape index (κ1) is 64.9. The van der Waals surface area contributed by atoms with Crippen molar-refractivity contribution in [1.29, 1.82) is 0 Å². The smallest absolute Gasteiger partial charge is 0.412 e. The molecule has 0 heterocycles. The van der Waals surface area contributed by atoms with Crippen LogP contribution < -0.4 is 37.3 Å². The molecule has 0 fully saturated rings. The van der Waals surface area contributed by atoms with E-state index >= 15 is 0 Å². The van der Waals surface area contributed by atoms with E-state index in [-0.39, 0.29) is 55.9 Å². The second-order valence-corrected chi connectivity index (χ2v) is 2.27. The molecule has 0 amide bonds. The summed E-state index contributed by atoms with van der Waals surface area (Å²) in [6.07, 6.45) is 0. The largest absolute Gasteiger partial charge is 2.00 e. The molecule has 0 aliphatic rings. The predicted octanol–water partition coefficient (Wildman–Crippen LogP) is -14.8. The quantitative estimate of drug-likeness (QED) is 0.382. The molecule has 12 N–H and O–H groups in total. The van der Waals surface area contributed by atoms with Gasteiger partial charge in [-0.1, -0.05) is 0 Å². The van der Waals surface area contributed by atoms with Crippen LogP contribution in [0.2, 0.25) is 0 Å². The summed E-state index contributed by atoms with van der Waals surface area (Å²) in [5, 5.41) is 0. The summed E-state index contributed by atoms with van der Waals surface area (Å²) in [6, 6.07) is 0. The van der Waals surface area contributed by atoms with E-state index in [1.54, 1.807) is 0 Å². The monoisotopic (exact) mass is 330 g/mol. The zero-order valence-electron chi connectivity index (χ0n) is 7.73. The molecule has 0 unspecified atom stereocenters. The fraction of sp³-hybridized carbons (Fsp3) is 0. The second kappa shape index (κ2) is 25.6. The Hall–Kier alpha value is 0.786. The molecule has 0 aromatic heterocycles. The number of hydrogen-bond donors (Lipinski definition) is 0. The molecule has 17 heteroatoms. The van der Waals surface area contributed by atoms with Gasteiger partial charge in [-0.25, -0.2) is 37.3 Å². The van der Waals surface area contributed by atoms with Gasteiger partial charge >= 0.3 is 23.1 Å². The van der Waals surface area contributed by atoms with Crippen molar-refractivity contribution in [3.8, 4) is 0 Å². The summed E-state index contributed by atoms with van der Waals surface area (Å²) < 4.78 is 67.9. The van der Waals surface area contributed by atoms with E-state index in [1.165, 1.54) is 0 Å². The third-order valence-corrected chi connectivity index (χ3v) is 0. The zero-order valence-corrected chi connectivity index (χ0v) is 10.7. The third-order valence-electron chi connectivity index (χ3n) is 0. The Kier molecular flexibility index (Phi) is 97.7. The predicted molar refractivity (Wildman–Crippen MR) is 27.4 cm³/mol. The van der Waals surface area contributed by atoms with Gasteiger partial charge in [-0.05, 0) is 0 Å². The summed E-state index contributed by atoms with van der Waals surface area (Å²) in [7, 11) is -9.89. The van der Waals surface area contributed by atoms with E-state index in [4.69, 9.17) is 37.3 Å². The van der Waals surface area contributed by atoms with Crippen molar-refractivity contribution >= 4 is 23.1 Å². The van der Waals surface area contributed by atoms with Crippen molar-refractivity contribution in [3.05, 3.63) is 0 Å². The van der Waals surface area contributed by atoms with Gasteiger partial charge < -0.3 is 32.9 Å². The number of hydrogen-bond acceptors (Lipinski definition) is 8. The van der Waals surface area contributed by atoms with Gasteiger partial charge in [-0.3, -0.25) is 0 Å². The van der Waals surface area contributed by atoms with E-state index in [1.807, 2.05) is 0 Å². The van der Waals surface area contributed by atoms with Crippen molar-refractivity contribution < 1.29 is 90.6 Å². The van der Waals surface area contributed by atoms with Crippen molar-refractivity contribution in [2.45, 2.75) is 0 Å². The Balaban J connectivity index is -0.00000000762. The summed E-state index contributed by atoms with van der Waals surface area (Å²) in [6.45, 7) is 0. The van der Waals surface area contributed by atoms with Gasteiger partial charge in [0.2, 0.25) is 0 Å². The Morgan fingerprint density at radius 1 is 0.353 bits per heavy atom. The van der Waals surface area contributed by atoms with Crippen LogP contribution in [0.3, 0.4) is 0 Å². The maximum atomic E-state index is 8.49. The normalized spacial score (nSPS) is 7.06. The Labute approximate surface area is 114 Å². The van der Waals surface area contributed by atoms with Gasteiger partial charge in [0.1, 0.15) is 0 Å². The van der Waals surface area contributed by atoms with Gasteiger partial charge in [-0.15, -0.1) is 20.5 Å². The Bertz CT molecular complexity index is 57.2. The maximum Gasteiger partial charge on any atom is 2.00 e. The van der Waals surface area contributed by atoms with E-state index in [9.17, 15) is 0 Å². The zero-order chi connectivity index (χ0) is 9.00. The standard InChI is InChI=1S/2ClHO4.Mg.6H2O/c2*2-1(3,4)5;;;;;;;/h2*(H,2,3,4,5);;6*1H2/q;;+2;;;;;;/p-2. The van der Waals surface area contributed by atoms with Crippen LogP contribution in [0, 0.1) is 20.5 Å². The van der Waals surface area contributed by atoms with Crippen LogP contribution >= 0.6 is 0 Å². The average Bonchev–Trinajstić information content (AvgIpc) is 1.12. The fourth-order valence-electron chi connectivity index (χ4n) is 0. The first-order chi connectivity index (χ1) is 4.00. The molecule has 0 aromatic carbocycles. The molecule has 0 atom stereocenters. The minimum Gasteiger partial charge on any atom is -0.412 e. The molecule has 0 rings (SSSR count). The molecular formula is H12Cl2MgO14. The summed E-state index contributed by atoms with van der Waals surface area (Å²) in [5.41, 5.74) is 0. The Morgan fingerprint density at radius 2 is 0.353 bits per heavy atom. The minimum absolute atomic E-state index is 0. The molecule has 14 nitrogen and oxygen atoms in total. The van der Waals surface area contributed by atoms with Crippen LogP contribution in [-0.4, -0.2) is 55.9 Å². The molecule has 17 heavy (non-hydrogen) atoms. The first-order valence-electron chi connectivity index (χ1n) is 1.23. The van der Waals surface area contributed by atoms with Crippen molar-refractivity contribution in [1.82, 2.24) is 0 Å². The topological polar surface area (TPSA) is 373 Å². The fourth-order valence-corrected chi connectivity index (χ4v) is 0. The maximum absolute atomic E-state index is 8.49. The molecule has 0 aliphatic carbocycles. The molecule has 0 radical (unpaired) electrons. The van der Waals surface area contributed by atoms with Gasteiger partial charge in [0.05, 0.1) is 0 Å². The summed E-state index contributed by atoms with van der Waals surface area (Å²) >= 11 is 0. The van der Waals surface area contributed by atoms with E-state index in [2.05, 4.69) is 0 Å². The molecule has 0 spiro atoms. The first-order valence-corrected chi connectivity index (χ1v) is 3.70. The van der Waals surface area contributed by atoms with Gasteiger partial charge in [0.25, 0.3) is 0 Å². The molecule has 0 bridgehead atoms. The molecule has 112 valence electrons. The third kappa shape index (κ3) is 5940. The van der Waals surface area contributed by atoms with Gasteiger partial charge in [-0.2, -0.15) is 0 Å². The number of halogens is 2. The van der Waals surface area contributed by atoms with E-state index in [0.29, 0.717) is 0 Å². The minimum atomic E-state index is -4.94. The van der Waals surface area contributed by atoms with Crippen molar-refractivity contribution in [3.63, 3.8) is 0 Å². The van der Waals surface area contributed by atoms with E-state index < -0.39 is 20.5 Å². The molecule has 0 saturated carbocycles.